The molecule has 0 spiro atoms. The van der Waals surface area contributed by atoms with E-state index < -0.39 is 23.8 Å². The number of aromatic nitrogens is 3. The van der Waals surface area contributed by atoms with Crippen LogP contribution in [0.4, 0.5) is 0 Å². The minimum absolute atomic E-state index is 0.188. The summed E-state index contributed by atoms with van der Waals surface area (Å²) in [4.78, 5) is 57.4. The number of rotatable bonds is 16. The fourth-order valence-electron chi connectivity index (χ4n) is 7.80. The van der Waals surface area contributed by atoms with Crippen molar-refractivity contribution in [2.75, 3.05) is 72.3 Å². The Morgan fingerprint density at radius 3 is 2.38 bits per heavy atom. The van der Waals surface area contributed by atoms with Crippen LogP contribution in [0.15, 0.2) is 85.5 Å². The Kier molecular flexibility index (Phi) is 11.5. The standard InChI is InChI=1S/C43H47N7O6/c1-29-7-12-38(41(51)46-29)50-42(52)34-5-2-6-39(40(34)43(50)53)56-25-24-55-23-22-54-21-20-49-18-16-48(17-19-49)15-3-4-32-10-8-31(27-45-32)30-9-11-33-35-28-44-14-13-36(35)47-37(33)26-30/h2,5-6,8-11,13-14,26-28,38,47H,1,3-4,7,12,15-25H2,(H,46,51). The summed E-state index contributed by atoms with van der Waals surface area (Å²) >= 11 is 0. The lowest BCUT2D eigenvalue weighted by molar-refractivity contribution is -0.125. The summed E-state index contributed by atoms with van der Waals surface area (Å²) in [6.07, 6.45) is 8.60. The molecule has 0 bridgehead atoms. The van der Waals surface area contributed by atoms with Gasteiger partial charge in [0.15, 0.2) is 0 Å². The molecule has 2 aromatic carbocycles. The Bertz CT molecular complexity index is 2230. The number of imide groups is 1. The third kappa shape index (κ3) is 8.21. The van der Waals surface area contributed by atoms with Crippen LogP contribution in [0.2, 0.25) is 0 Å². The average molecular weight is 758 g/mol. The van der Waals surface area contributed by atoms with E-state index in [4.69, 9.17) is 19.2 Å². The Balaban J connectivity index is 0.674. The van der Waals surface area contributed by atoms with E-state index in [0.29, 0.717) is 50.7 Å². The predicted octanol–water partition coefficient (Wildman–Crippen LogP) is 4.83. The number of nitrogens with zero attached hydrogens (tertiary/aromatic N) is 5. The molecule has 3 aliphatic rings. The first-order valence-corrected chi connectivity index (χ1v) is 19.5. The van der Waals surface area contributed by atoms with Crippen LogP contribution >= 0.6 is 0 Å². The second kappa shape index (κ2) is 17.1. The van der Waals surface area contributed by atoms with Gasteiger partial charge in [0.25, 0.3) is 11.8 Å². The largest absolute Gasteiger partial charge is 0.490 e. The van der Waals surface area contributed by atoms with Crippen molar-refractivity contribution in [3.05, 3.63) is 102 Å². The lowest BCUT2D eigenvalue weighted by atomic mass is 10.0. The number of allylic oxidation sites excluding steroid dienone is 1. The number of carbonyl (C=O) groups is 3. The van der Waals surface area contributed by atoms with Crippen molar-refractivity contribution in [3.8, 4) is 16.9 Å². The number of aryl methyl sites for hydroxylation is 1. The molecule has 8 rings (SSSR count). The van der Waals surface area contributed by atoms with E-state index in [9.17, 15) is 14.4 Å². The van der Waals surface area contributed by atoms with Crippen molar-refractivity contribution >= 4 is 39.5 Å². The van der Waals surface area contributed by atoms with E-state index in [0.717, 1.165) is 90.3 Å². The van der Waals surface area contributed by atoms with Crippen molar-refractivity contribution in [1.82, 2.24) is 35.0 Å². The lowest BCUT2D eigenvalue weighted by Crippen LogP contribution is -2.51. The molecule has 0 aliphatic carbocycles. The molecular formula is C43H47N7O6. The van der Waals surface area contributed by atoms with E-state index in [1.54, 1.807) is 18.2 Å². The van der Waals surface area contributed by atoms with E-state index in [1.165, 1.54) is 5.39 Å². The molecule has 3 amide bonds. The molecular weight excluding hydrogens is 711 g/mol. The molecule has 0 saturated carbocycles. The highest BCUT2D eigenvalue weighted by molar-refractivity contribution is 6.24. The van der Waals surface area contributed by atoms with Gasteiger partial charge in [0, 0.05) is 90.1 Å². The molecule has 1 unspecified atom stereocenters. The number of benzene rings is 2. The zero-order valence-corrected chi connectivity index (χ0v) is 31.5. The molecule has 5 aromatic rings. The number of ether oxygens (including phenoxy) is 3. The Morgan fingerprint density at radius 2 is 1.57 bits per heavy atom. The molecule has 13 nitrogen and oxygen atoms in total. The van der Waals surface area contributed by atoms with Gasteiger partial charge in [-0.1, -0.05) is 30.8 Å². The number of nitrogens with one attached hydrogen (secondary N) is 2. The number of hydrogen-bond donors (Lipinski definition) is 2. The fourth-order valence-corrected chi connectivity index (χ4v) is 7.80. The number of piperidine rings is 1. The topological polar surface area (TPSA) is 142 Å². The highest BCUT2D eigenvalue weighted by atomic mass is 16.5. The summed E-state index contributed by atoms with van der Waals surface area (Å²) in [5.74, 6) is -1.10. The average Bonchev–Trinajstić information content (AvgIpc) is 3.71. The molecule has 56 heavy (non-hydrogen) atoms. The van der Waals surface area contributed by atoms with Crippen LogP contribution < -0.4 is 10.1 Å². The van der Waals surface area contributed by atoms with Crippen molar-refractivity contribution in [2.24, 2.45) is 0 Å². The first-order chi connectivity index (χ1) is 27.4. The highest BCUT2D eigenvalue weighted by Gasteiger charge is 2.45. The van der Waals surface area contributed by atoms with Crippen LogP contribution in [-0.4, -0.2) is 126 Å². The number of H-pyrrole nitrogens is 1. The van der Waals surface area contributed by atoms with Gasteiger partial charge in [0.1, 0.15) is 18.4 Å². The molecule has 2 saturated heterocycles. The van der Waals surface area contributed by atoms with Crippen LogP contribution in [0.1, 0.15) is 45.7 Å². The number of hydrogen-bond acceptors (Lipinski definition) is 10. The third-order valence-electron chi connectivity index (χ3n) is 10.9. The first-order valence-electron chi connectivity index (χ1n) is 19.5. The number of carbonyl (C=O) groups excluding carboxylic acids is 3. The van der Waals surface area contributed by atoms with Crippen LogP contribution in [-0.2, 0) is 20.7 Å². The minimum atomic E-state index is -0.864. The summed E-state index contributed by atoms with van der Waals surface area (Å²) in [5.41, 5.74) is 6.61. The van der Waals surface area contributed by atoms with Gasteiger partial charge in [0.05, 0.1) is 37.6 Å². The molecule has 290 valence electrons. The van der Waals surface area contributed by atoms with Crippen LogP contribution in [0.25, 0.3) is 32.9 Å². The zero-order valence-electron chi connectivity index (χ0n) is 31.5. The van der Waals surface area contributed by atoms with Gasteiger partial charge in [-0.2, -0.15) is 0 Å². The molecule has 6 heterocycles. The van der Waals surface area contributed by atoms with Crippen molar-refractivity contribution in [1.29, 1.82) is 0 Å². The number of amides is 3. The Morgan fingerprint density at radius 1 is 0.786 bits per heavy atom. The van der Waals surface area contributed by atoms with Gasteiger partial charge >= 0.3 is 0 Å². The maximum absolute atomic E-state index is 13.3. The highest BCUT2D eigenvalue weighted by Crippen LogP contribution is 2.34. The smallest absolute Gasteiger partial charge is 0.266 e. The van der Waals surface area contributed by atoms with Gasteiger partial charge in [-0.25, -0.2) is 0 Å². The normalized spacial score (nSPS) is 17.9. The molecule has 2 fully saturated rings. The maximum atomic E-state index is 13.3. The van der Waals surface area contributed by atoms with Gasteiger partial charge in [-0.15, -0.1) is 0 Å². The lowest BCUT2D eigenvalue weighted by Gasteiger charge is -2.34. The van der Waals surface area contributed by atoms with E-state index in [-0.39, 0.29) is 17.7 Å². The van der Waals surface area contributed by atoms with E-state index in [1.807, 2.05) is 24.7 Å². The van der Waals surface area contributed by atoms with Crippen molar-refractivity contribution in [3.63, 3.8) is 0 Å². The third-order valence-corrected chi connectivity index (χ3v) is 10.9. The summed E-state index contributed by atoms with van der Waals surface area (Å²) < 4.78 is 17.4. The summed E-state index contributed by atoms with van der Waals surface area (Å²) in [6, 6.07) is 16.9. The monoisotopic (exact) mass is 757 g/mol. The Labute approximate surface area is 325 Å². The number of pyridine rings is 2. The summed E-state index contributed by atoms with van der Waals surface area (Å²) in [7, 11) is 0. The fraction of sp³-hybridized carbons (Fsp3) is 0.372. The van der Waals surface area contributed by atoms with Crippen LogP contribution in [0, 0.1) is 0 Å². The van der Waals surface area contributed by atoms with Crippen LogP contribution in [0.3, 0.4) is 0 Å². The number of piperazine rings is 1. The summed E-state index contributed by atoms with van der Waals surface area (Å²) in [6.45, 7) is 11.9. The molecule has 3 aliphatic heterocycles. The van der Waals surface area contributed by atoms with Gasteiger partial charge in [0.2, 0.25) is 5.91 Å². The second-order valence-corrected chi connectivity index (χ2v) is 14.5. The molecule has 2 N–H and O–H groups in total. The quantitative estimate of drug-likeness (QED) is 0.106. The molecule has 0 radical (unpaired) electrons. The van der Waals surface area contributed by atoms with Gasteiger partial charge in [-0.3, -0.25) is 34.2 Å². The number of fused-ring (bicyclic) bond motifs is 4. The minimum Gasteiger partial charge on any atom is -0.490 e. The van der Waals surface area contributed by atoms with E-state index >= 15 is 0 Å². The van der Waals surface area contributed by atoms with Gasteiger partial charge in [-0.05, 0) is 68.1 Å². The Hall–Kier alpha value is -5.47. The SMILES string of the molecule is C=C1CCC(N2C(=O)c3cccc(OCCOCCOCCN4CCN(CCCc5ccc(-c6ccc7c(c6)[nH]c6ccncc67)cn5)CC4)c3C2=O)C(=O)N1. The molecule has 3 aromatic heterocycles. The molecule has 1 atom stereocenters. The van der Waals surface area contributed by atoms with Crippen LogP contribution in [0.5, 0.6) is 5.75 Å². The summed E-state index contributed by atoms with van der Waals surface area (Å²) in [5, 5.41) is 4.97. The second-order valence-electron chi connectivity index (χ2n) is 14.5. The van der Waals surface area contributed by atoms with Gasteiger partial charge < -0.3 is 29.4 Å². The molecule has 13 heteroatoms. The number of aromatic amines is 1. The van der Waals surface area contributed by atoms with Crippen molar-refractivity contribution in [2.45, 2.75) is 31.7 Å². The first kappa shape index (κ1) is 37.5. The maximum Gasteiger partial charge on any atom is 0.266 e. The van der Waals surface area contributed by atoms with E-state index in [2.05, 4.69) is 62.0 Å². The van der Waals surface area contributed by atoms with Crippen molar-refractivity contribution < 1.29 is 28.6 Å². The predicted molar refractivity (Wildman–Crippen MR) is 212 cm³/mol. The zero-order chi connectivity index (χ0) is 38.4.